The second-order valence-electron chi connectivity index (χ2n) is 5.09. The zero-order valence-electron chi connectivity index (χ0n) is 13.2. The number of nitrogens with one attached hydrogen (secondary N) is 1. The number of methoxy groups -OCH3 is 1. The molecule has 0 fully saturated rings. The number of aromatic nitrogens is 3. The molecule has 0 aliphatic carbocycles. The summed E-state index contributed by atoms with van der Waals surface area (Å²) >= 11 is 0. The average molecular weight is 344 g/mol. The molecule has 0 radical (unpaired) electrons. The monoisotopic (exact) mass is 344 g/mol. The van der Waals surface area contributed by atoms with Crippen LogP contribution in [0.25, 0.3) is 5.69 Å². The minimum absolute atomic E-state index is 0.166. The summed E-state index contributed by atoms with van der Waals surface area (Å²) in [7, 11) is 1.43. The predicted molar refractivity (Wildman–Crippen MR) is 87.3 cm³/mol. The van der Waals surface area contributed by atoms with E-state index in [0.717, 1.165) is 0 Å². The van der Waals surface area contributed by atoms with E-state index < -0.39 is 12.3 Å². The fourth-order valence-corrected chi connectivity index (χ4v) is 2.39. The van der Waals surface area contributed by atoms with E-state index in [1.807, 2.05) is 0 Å². The molecule has 0 atom stereocenters. The van der Waals surface area contributed by atoms with Crippen LogP contribution in [-0.2, 0) is 0 Å². The Kier molecular flexibility index (Phi) is 4.69. The highest BCUT2D eigenvalue weighted by Crippen LogP contribution is 2.28. The third kappa shape index (κ3) is 3.47. The maximum absolute atomic E-state index is 12.8. The van der Waals surface area contributed by atoms with Gasteiger partial charge in [0, 0.05) is 11.3 Å². The van der Waals surface area contributed by atoms with Gasteiger partial charge in [0.15, 0.2) is 5.75 Å². The Balaban J connectivity index is 1.92. The second-order valence-corrected chi connectivity index (χ2v) is 5.09. The Morgan fingerprint density at radius 1 is 1.24 bits per heavy atom. The molecule has 8 heteroatoms. The molecule has 1 amide bonds. The topological polar surface area (TPSA) is 69.0 Å². The van der Waals surface area contributed by atoms with Crippen molar-refractivity contribution in [1.29, 1.82) is 0 Å². The van der Waals surface area contributed by atoms with Gasteiger partial charge in [0.2, 0.25) is 0 Å². The Hall–Kier alpha value is -3.29. The number of hydrogen-bond acceptors (Lipinski definition) is 4. The SMILES string of the molecule is COc1c(C(=O)Nc2cccc(C(F)F)c2)cccc1-n1ccnn1. The first-order chi connectivity index (χ1) is 12.1. The smallest absolute Gasteiger partial charge is 0.263 e. The molecule has 0 aliphatic rings. The van der Waals surface area contributed by atoms with Crippen LogP contribution in [0.1, 0.15) is 22.3 Å². The lowest BCUT2D eigenvalue weighted by Gasteiger charge is -2.13. The van der Waals surface area contributed by atoms with Crippen molar-refractivity contribution in [1.82, 2.24) is 15.0 Å². The van der Waals surface area contributed by atoms with Gasteiger partial charge in [0.05, 0.1) is 25.1 Å². The van der Waals surface area contributed by atoms with Gasteiger partial charge in [-0.1, -0.05) is 23.4 Å². The van der Waals surface area contributed by atoms with Crippen LogP contribution in [-0.4, -0.2) is 28.0 Å². The largest absolute Gasteiger partial charge is 0.494 e. The van der Waals surface area contributed by atoms with E-state index >= 15 is 0 Å². The van der Waals surface area contributed by atoms with Crippen molar-refractivity contribution in [2.24, 2.45) is 0 Å². The Morgan fingerprint density at radius 2 is 2.04 bits per heavy atom. The van der Waals surface area contributed by atoms with Crippen molar-refractivity contribution in [3.8, 4) is 11.4 Å². The van der Waals surface area contributed by atoms with Crippen LogP contribution >= 0.6 is 0 Å². The highest BCUT2D eigenvalue weighted by molar-refractivity contribution is 6.07. The van der Waals surface area contributed by atoms with Gasteiger partial charge in [-0.05, 0) is 24.3 Å². The van der Waals surface area contributed by atoms with Gasteiger partial charge in [0.25, 0.3) is 12.3 Å². The Labute approximate surface area is 142 Å². The number of amides is 1. The Morgan fingerprint density at radius 3 is 2.72 bits per heavy atom. The lowest BCUT2D eigenvalue weighted by Crippen LogP contribution is -2.14. The number of benzene rings is 2. The lowest BCUT2D eigenvalue weighted by molar-refractivity contribution is 0.102. The van der Waals surface area contributed by atoms with E-state index in [2.05, 4.69) is 15.6 Å². The van der Waals surface area contributed by atoms with E-state index in [0.29, 0.717) is 11.4 Å². The number of halogens is 2. The number of rotatable bonds is 5. The van der Waals surface area contributed by atoms with Gasteiger partial charge in [-0.3, -0.25) is 4.79 Å². The summed E-state index contributed by atoms with van der Waals surface area (Å²) in [4.78, 5) is 12.6. The maximum atomic E-state index is 12.8. The minimum atomic E-state index is -2.61. The van der Waals surface area contributed by atoms with Crippen LogP contribution in [0.3, 0.4) is 0 Å². The first kappa shape index (κ1) is 16.6. The number of alkyl halides is 2. The summed E-state index contributed by atoms with van der Waals surface area (Å²) in [6, 6.07) is 10.5. The number of para-hydroxylation sites is 1. The first-order valence-corrected chi connectivity index (χ1v) is 7.33. The van der Waals surface area contributed by atoms with Crippen molar-refractivity contribution in [3.05, 3.63) is 66.0 Å². The fourth-order valence-electron chi connectivity index (χ4n) is 2.39. The summed E-state index contributed by atoms with van der Waals surface area (Å²) in [5.41, 5.74) is 0.893. The molecule has 0 spiro atoms. The summed E-state index contributed by atoms with van der Waals surface area (Å²) in [6.45, 7) is 0. The predicted octanol–water partition coefficient (Wildman–Crippen LogP) is 3.47. The lowest BCUT2D eigenvalue weighted by atomic mass is 10.1. The van der Waals surface area contributed by atoms with Gasteiger partial charge < -0.3 is 10.1 Å². The number of carbonyl (C=O) groups is 1. The summed E-state index contributed by atoms with van der Waals surface area (Å²) in [6.07, 6.45) is 0.509. The molecule has 1 aromatic heterocycles. The van der Waals surface area contributed by atoms with Crippen molar-refractivity contribution in [2.75, 3.05) is 12.4 Å². The average Bonchev–Trinajstić information content (AvgIpc) is 3.15. The van der Waals surface area contributed by atoms with Gasteiger partial charge in [-0.25, -0.2) is 13.5 Å². The summed E-state index contributed by atoms with van der Waals surface area (Å²) < 4.78 is 32.4. The molecule has 1 N–H and O–H groups in total. The zero-order chi connectivity index (χ0) is 17.8. The molecule has 128 valence electrons. The van der Waals surface area contributed by atoms with Gasteiger partial charge >= 0.3 is 0 Å². The molecule has 0 unspecified atom stereocenters. The highest BCUT2D eigenvalue weighted by atomic mass is 19.3. The van der Waals surface area contributed by atoms with E-state index in [4.69, 9.17) is 4.74 Å². The van der Waals surface area contributed by atoms with E-state index in [9.17, 15) is 13.6 Å². The molecule has 0 saturated heterocycles. The first-order valence-electron chi connectivity index (χ1n) is 7.33. The van der Waals surface area contributed by atoms with Crippen molar-refractivity contribution in [2.45, 2.75) is 6.43 Å². The van der Waals surface area contributed by atoms with Crippen molar-refractivity contribution in [3.63, 3.8) is 0 Å². The van der Waals surface area contributed by atoms with Gasteiger partial charge in [0.1, 0.15) is 5.69 Å². The maximum Gasteiger partial charge on any atom is 0.263 e. The van der Waals surface area contributed by atoms with Crippen molar-refractivity contribution < 1.29 is 18.3 Å². The van der Waals surface area contributed by atoms with E-state index in [-0.39, 0.29) is 16.8 Å². The molecule has 0 bridgehead atoms. The molecule has 2 aromatic carbocycles. The molecule has 1 heterocycles. The van der Waals surface area contributed by atoms with Crippen LogP contribution in [0.5, 0.6) is 5.75 Å². The molecule has 3 aromatic rings. The second kappa shape index (κ2) is 7.08. The van der Waals surface area contributed by atoms with Crippen LogP contribution in [0.15, 0.2) is 54.9 Å². The molecule has 25 heavy (non-hydrogen) atoms. The standard InChI is InChI=1S/C17H14F2N4O2/c1-25-15-13(6-3-7-14(15)23-9-8-20-22-23)17(24)21-12-5-2-4-11(10-12)16(18)19/h2-10,16H,1H3,(H,21,24). The normalized spacial score (nSPS) is 10.7. The minimum Gasteiger partial charge on any atom is -0.494 e. The third-order valence-corrected chi connectivity index (χ3v) is 3.51. The number of carbonyl (C=O) groups excluding carboxylic acids is 1. The molecule has 0 saturated carbocycles. The molecule has 3 rings (SSSR count). The van der Waals surface area contributed by atoms with Crippen LogP contribution in [0.4, 0.5) is 14.5 Å². The van der Waals surface area contributed by atoms with Crippen LogP contribution < -0.4 is 10.1 Å². The van der Waals surface area contributed by atoms with Crippen LogP contribution in [0.2, 0.25) is 0 Å². The summed E-state index contributed by atoms with van der Waals surface area (Å²) in [5, 5.41) is 10.2. The van der Waals surface area contributed by atoms with E-state index in [1.54, 1.807) is 24.4 Å². The number of nitrogens with zero attached hydrogens (tertiary/aromatic N) is 3. The molecule has 6 nitrogen and oxygen atoms in total. The number of anilines is 1. The molecular formula is C17H14F2N4O2. The Bertz CT molecular complexity index is 882. The van der Waals surface area contributed by atoms with Gasteiger partial charge in [-0.15, -0.1) is 5.10 Å². The molecule has 0 aliphatic heterocycles. The number of ether oxygens (including phenoxy) is 1. The summed E-state index contributed by atoms with van der Waals surface area (Å²) in [5.74, 6) is -0.180. The van der Waals surface area contributed by atoms with Crippen molar-refractivity contribution >= 4 is 11.6 Å². The number of hydrogen-bond donors (Lipinski definition) is 1. The third-order valence-electron chi connectivity index (χ3n) is 3.51. The highest BCUT2D eigenvalue weighted by Gasteiger charge is 2.18. The van der Waals surface area contributed by atoms with Crippen LogP contribution in [0, 0.1) is 0 Å². The van der Waals surface area contributed by atoms with Gasteiger partial charge in [-0.2, -0.15) is 0 Å². The molecular weight excluding hydrogens is 330 g/mol. The zero-order valence-corrected chi connectivity index (χ0v) is 13.2. The fraction of sp³-hybridized carbons (Fsp3) is 0.118. The van der Waals surface area contributed by atoms with E-state index in [1.165, 1.54) is 42.3 Å². The quantitative estimate of drug-likeness (QED) is 0.769.